The van der Waals surface area contributed by atoms with Gasteiger partial charge in [0, 0.05) is 22.3 Å². The summed E-state index contributed by atoms with van der Waals surface area (Å²) < 4.78 is 11.6. The second-order valence-corrected chi connectivity index (χ2v) is 10.9. The van der Waals surface area contributed by atoms with Crippen molar-refractivity contribution >= 4 is 56.7 Å². The number of carbonyl (C=O) groups excluding carboxylic acids is 3. The van der Waals surface area contributed by atoms with E-state index in [1.807, 2.05) is 24.3 Å². The Labute approximate surface area is 236 Å². The molecule has 0 aliphatic heterocycles. The van der Waals surface area contributed by atoms with Crippen LogP contribution in [0.5, 0.6) is 11.5 Å². The van der Waals surface area contributed by atoms with Crippen LogP contribution in [0.3, 0.4) is 0 Å². The van der Waals surface area contributed by atoms with Crippen molar-refractivity contribution in [3.05, 3.63) is 81.3 Å². The fourth-order valence-corrected chi connectivity index (χ4v) is 3.99. The van der Waals surface area contributed by atoms with E-state index in [4.69, 9.17) is 21.1 Å². The molecule has 3 aromatic carbocycles. The van der Waals surface area contributed by atoms with Gasteiger partial charge < -0.3 is 20.1 Å². The molecular weight excluding hydrogens is 572 g/mol. The summed E-state index contributed by atoms with van der Waals surface area (Å²) in [6, 6.07) is 18.3. The quantitative estimate of drug-likeness (QED) is 0.249. The Hall–Kier alpha value is -3.36. The molecule has 0 heterocycles. The minimum atomic E-state index is -0.651. The lowest BCUT2D eigenvalue weighted by molar-refractivity contribution is -0.147. The maximum absolute atomic E-state index is 12.2. The minimum Gasteiger partial charge on any atom is -0.457 e. The van der Waals surface area contributed by atoms with Crippen molar-refractivity contribution in [3.8, 4) is 11.5 Å². The van der Waals surface area contributed by atoms with Crippen LogP contribution in [0.1, 0.15) is 44.7 Å². The predicted molar refractivity (Wildman–Crippen MR) is 153 cm³/mol. The first-order chi connectivity index (χ1) is 17.9. The number of hydrogen-bond acceptors (Lipinski definition) is 5. The zero-order chi connectivity index (χ0) is 27.9. The fourth-order valence-electron chi connectivity index (χ4n) is 3.40. The predicted octanol–water partition coefficient (Wildman–Crippen LogP) is 7.40. The number of halogens is 2. The highest BCUT2D eigenvalue weighted by Gasteiger charge is 2.14. The maximum Gasteiger partial charge on any atom is 0.306 e. The molecule has 3 rings (SSSR count). The van der Waals surface area contributed by atoms with E-state index in [1.165, 1.54) is 5.56 Å². The van der Waals surface area contributed by atoms with E-state index in [0.29, 0.717) is 32.2 Å². The molecule has 0 saturated heterocycles. The van der Waals surface area contributed by atoms with Crippen molar-refractivity contribution in [2.45, 2.75) is 46.0 Å². The van der Waals surface area contributed by atoms with Gasteiger partial charge in [-0.15, -0.1) is 0 Å². The van der Waals surface area contributed by atoms with E-state index < -0.39 is 18.5 Å². The molecule has 200 valence electrons. The van der Waals surface area contributed by atoms with Gasteiger partial charge in [-0.2, -0.15) is 0 Å². The van der Waals surface area contributed by atoms with E-state index in [-0.39, 0.29) is 24.2 Å². The average molecular weight is 602 g/mol. The van der Waals surface area contributed by atoms with E-state index in [1.54, 1.807) is 43.3 Å². The summed E-state index contributed by atoms with van der Waals surface area (Å²) in [5.74, 6) is -0.150. The first kappa shape index (κ1) is 29.2. The first-order valence-corrected chi connectivity index (χ1v) is 13.2. The van der Waals surface area contributed by atoms with Gasteiger partial charge in [0.2, 0.25) is 5.91 Å². The van der Waals surface area contributed by atoms with Crippen LogP contribution in [-0.4, -0.2) is 24.4 Å². The van der Waals surface area contributed by atoms with Crippen molar-refractivity contribution in [2.24, 2.45) is 0 Å². The smallest absolute Gasteiger partial charge is 0.306 e. The molecule has 0 bridgehead atoms. The Morgan fingerprint density at radius 1 is 0.842 bits per heavy atom. The van der Waals surface area contributed by atoms with Crippen molar-refractivity contribution in [1.82, 2.24) is 0 Å². The number of benzene rings is 3. The lowest BCUT2D eigenvalue weighted by Gasteiger charge is -2.19. The van der Waals surface area contributed by atoms with Gasteiger partial charge in [0.25, 0.3) is 5.91 Å². The third-order valence-electron chi connectivity index (χ3n) is 5.63. The zero-order valence-corrected chi connectivity index (χ0v) is 24.0. The Balaban J connectivity index is 1.39. The second kappa shape index (κ2) is 12.9. The minimum absolute atomic E-state index is 0.0680. The van der Waals surface area contributed by atoms with Crippen LogP contribution in [0, 0.1) is 6.92 Å². The van der Waals surface area contributed by atoms with Crippen molar-refractivity contribution in [2.75, 3.05) is 17.2 Å². The fraction of sp³-hybridized carbons (Fsp3) is 0.276. The van der Waals surface area contributed by atoms with E-state index in [2.05, 4.69) is 47.3 Å². The van der Waals surface area contributed by atoms with Gasteiger partial charge in [-0.1, -0.05) is 44.5 Å². The van der Waals surface area contributed by atoms with Gasteiger partial charge in [0.15, 0.2) is 6.61 Å². The number of carbonyl (C=O) groups is 3. The largest absolute Gasteiger partial charge is 0.457 e. The Morgan fingerprint density at radius 2 is 1.45 bits per heavy atom. The van der Waals surface area contributed by atoms with E-state index in [9.17, 15) is 14.4 Å². The van der Waals surface area contributed by atoms with Gasteiger partial charge >= 0.3 is 5.97 Å². The molecule has 0 atom stereocenters. The lowest BCUT2D eigenvalue weighted by atomic mass is 9.87. The SMILES string of the molecule is Cc1c(NC(=O)COC(=O)CCC(=O)Nc2ccc(Oc3ccc(C(C)(C)C)cc3)cc2)ccc(Br)c1Cl. The third kappa shape index (κ3) is 8.60. The summed E-state index contributed by atoms with van der Waals surface area (Å²) in [6.45, 7) is 7.76. The molecule has 9 heteroatoms. The summed E-state index contributed by atoms with van der Waals surface area (Å²) >= 11 is 9.47. The summed E-state index contributed by atoms with van der Waals surface area (Å²) in [6.07, 6.45) is -0.242. The van der Waals surface area contributed by atoms with Gasteiger partial charge in [-0.05, 0) is 87.9 Å². The van der Waals surface area contributed by atoms with Crippen LogP contribution in [-0.2, 0) is 24.5 Å². The molecule has 0 aromatic heterocycles. The van der Waals surface area contributed by atoms with Crippen molar-refractivity contribution < 1.29 is 23.9 Å². The van der Waals surface area contributed by atoms with Crippen LogP contribution < -0.4 is 15.4 Å². The number of rotatable bonds is 9. The van der Waals surface area contributed by atoms with E-state index in [0.717, 1.165) is 5.75 Å². The molecule has 0 spiro atoms. The third-order valence-corrected chi connectivity index (χ3v) is 7.00. The molecule has 0 fully saturated rings. The molecule has 7 nitrogen and oxygen atoms in total. The number of nitrogens with one attached hydrogen (secondary N) is 2. The molecular formula is C29H30BrClN2O5. The highest BCUT2D eigenvalue weighted by atomic mass is 79.9. The molecule has 0 aliphatic carbocycles. The molecule has 2 amide bonds. The summed E-state index contributed by atoms with van der Waals surface area (Å²) in [4.78, 5) is 36.3. The molecule has 3 aromatic rings. The number of anilines is 2. The lowest BCUT2D eigenvalue weighted by Crippen LogP contribution is -2.22. The summed E-state index contributed by atoms with van der Waals surface area (Å²) in [5.41, 5.74) is 3.07. The Bertz CT molecular complexity index is 1300. The average Bonchev–Trinajstić information content (AvgIpc) is 2.87. The van der Waals surface area contributed by atoms with Crippen LogP contribution in [0.2, 0.25) is 5.02 Å². The maximum atomic E-state index is 12.2. The zero-order valence-electron chi connectivity index (χ0n) is 21.7. The van der Waals surface area contributed by atoms with E-state index >= 15 is 0 Å². The molecule has 0 radical (unpaired) electrons. The van der Waals surface area contributed by atoms with Crippen LogP contribution in [0.4, 0.5) is 11.4 Å². The number of amides is 2. The van der Waals surface area contributed by atoms with Crippen LogP contribution >= 0.6 is 27.5 Å². The standard InChI is InChI=1S/C29H30BrClN2O5/c1-18-24(14-13-23(30)28(18)31)33-26(35)17-37-27(36)16-15-25(34)32-20-7-11-22(12-8-20)38-21-9-5-19(6-10-21)29(2,3)4/h5-14H,15-17H2,1-4H3,(H,32,34)(H,33,35). The molecule has 0 aliphatic rings. The Morgan fingerprint density at radius 3 is 2.05 bits per heavy atom. The molecule has 38 heavy (non-hydrogen) atoms. The van der Waals surface area contributed by atoms with Crippen molar-refractivity contribution in [1.29, 1.82) is 0 Å². The number of ether oxygens (including phenoxy) is 2. The highest BCUT2D eigenvalue weighted by Crippen LogP contribution is 2.31. The normalized spacial score (nSPS) is 11.0. The molecule has 0 saturated carbocycles. The van der Waals surface area contributed by atoms with Gasteiger partial charge in [0.1, 0.15) is 11.5 Å². The summed E-state index contributed by atoms with van der Waals surface area (Å²) in [5, 5.41) is 5.86. The van der Waals surface area contributed by atoms with Crippen LogP contribution in [0.15, 0.2) is 65.1 Å². The second-order valence-electron chi connectivity index (χ2n) is 9.69. The monoisotopic (exact) mass is 600 g/mol. The first-order valence-electron chi connectivity index (χ1n) is 12.0. The molecule has 2 N–H and O–H groups in total. The van der Waals surface area contributed by atoms with Gasteiger partial charge in [-0.25, -0.2) is 0 Å². The number of esters is 1. The molecule has 0 unspecified atom stereocenters. The highest BCUT2D eigenvalue weighted by molar-refractivity contribution is 9.10. The summed E-state index contributed by atoms with van der Waals surface area (Å²) in [7, 11) is 0. The Kier molecular flexibility index (Phi) is 9.94. The topological polar surface area (TPSA) is 93.7 Å². The number of hydrogen-bond donors (Lipinski definition) is 2. The van der Waals surface area contributed by atoms with Gasteiger partial charge in [0.05, 0.1) is 11.4 Å². The van der Waals surface area contributed by atoms with Crippen molar-refractivity contribution in [3.63, 3.8) is 0 Å². The van der Waals surface area contributed by atoms with Gasteiger partial charge in [-0.3, -0.25) is 14.4 Å². The van der Waals surface area contributed by atoms with Crippen LogP contribution in [0.25, 0.3) is 0 Å².